The molecule has 0 atom stereocenters. The molecule has 1 aliphatic heterocycles. The fourth-order valence-corrected chi connectivity index (χ4v) is 5.73. The van der Waals surface area contributed by atoms with E-state index in [0.717, 1.165) is 22.5 Å². The second kappa shape index (κ2) is 12.4. The van der Waals surface area contributed by atoms with Gasteiger partial charge in [0.1, 0.15) is 0 Å². The molecule has 7 rings (SSSR count). The van der Waals surface area contributed by atoms with Gasteiger partial charge in [0.25, 0.3) is 0 Å². The molecule has 1 aliphatic rings. The van der Waals surface area contributed by atoms with Crippen molar-refractivity contribution < 1.29 is 20.1 Å². The van der Waals surface area contributed by atoms with Gasteiger partial charge in [0.2, 0.25) is 0 Å². The van der Waals surface area contributed by atoms with E-state index in [9.17, 15) is 0 Å². The van der Waals surface area contributed by atoms with Gasteiger partial charge in [-0.2, -0.15) is 0 Å². The molecule has 39 heavy (non-hydrogen) atoms. The maximum atomic E-state index is 4.65. The largest absolute Gasteiger partial charge is 0.305 e. The van der Waals surface area contributed by atoms with Crippen LogP contribution in [-0.4, -0.2) is 9.97 Å². The number of benzene rings is 4. The number of pyridine rings is 2. The summed E-state index contributed by atoms with van der Waals surface area (Å²) < 4.78 is 0. The second-order valence-electron chi connectivity index (χ2n) is 8.95. The van der Waals surface area contributed by atoms with Crippen LogP contribution in [0.3, 0.4) is 0 Å². The molecule has 4 aromatic carbocycles. The molecule has 2 aromatic heterocycles. The van der Waals surface area contributed by atoms with Crippen molar-refractivity contribution in [2.75, 3.05) is 0 Å². The summed E-state index contributed by atoms with van der Waals surface area (Å²) in [6, 6.07) is 45.9. The summed E-state index contributed by atoms with van der Waals surface area (Å²) in [5.41, 5.74) is 10.3. The van der Waals surface area contributed by atoms with Gasteiger partial charge in [-0.05, 0) is 52.7 Å². The van der Waals surface area contributed by atoms with Crippen LogP contribution in [0.15, 0.2) is 137 Å². The maximum Gasteiger partial charge on any atom is 0.0190 e. The van der Waals surface area contributed by atoms with Crippen LogP contribution in [0.4, 0.5) is 0 Å². The van der Waals surface area contributed by atoms with Gasteiger partial charge in [0.15, 0.2) is 0 Å². The van der Waals surface area contributed by atoms with E-state index in [1.54, 1.807) is 6.20 Å². The van der Waals surface area contributed by atoms with Crippen LogP contribution in [0.1, 0.15) is 5.56 Å². The van der Waals surface area contributed by atoms with Gasteiger partial charge in [-0.1, -0.05) is 77.2 Å². The third-order valence-electron chi connectivity index (χ3n) is 6.37. The molecule has 3 heterocycles. The molecule has 0 amide bonds. The Balaban J connectivity index is 0.000000200. The minimum absolute atomic E-state index is 0. The standard InChI is InChI=1S/C24H16NS.C11H8N.Ir/c1-16-13-14-22(25-15-16)21-11-6-10-20-18-8-3-2-7-17(18)19-9-4-5-12-23(19)26-24(20)21;1-2-6-10(7-3-1)11-8-4-5-9-12-11;/h2-10,12-15H,1H3;1-6,8-9H;/q2*-1;. The van der Waals surface area contributed by atoms with E-state index < -0.39 is 0 Å². The summed E-state index contributed by atoms with van der Waals surface area (Å²) in [5.74, 6) is 0. The van der Waals surface area contributed by atoms with Crippen LogP contribution in [0.25, 0.3) is 44.8 Å². The Morgan fingerprint density at radius 1 is 0.590 bits per heavy atom. The Labute approximate surface area is 247 Å². The Bertz CT molecular complexity index is 1650. The molecule has 0 N–H and O–H groups in total. The molecule has 0 fully saturated rings. The number of hydrogen-bond donors (Lipinski definition) is 0. The number of hydrogen-bond acceptors (Lipinski definition) is 3. The predicted octanol–water partition coefficient (Wildman–Crippen LogP) is 9.20. The van der Waals surface area contributed by atoms with Crippen molar-refractivity contribution in [1.29, 1.82) is 0 Å². The minimum Gasteiger partial charge on any atom is -0.305 e. The summed E-state index contributed by atoms with van der Waals surface area (Å²) in [4.78, 5) is 11.4. The van der Waals surface area contributed by atoms with Crippen LogP contribution < -0.4 is 0 Å². The van der Waals surface area contributed by atoms with E-state index in [2.05, 4.69) is 95.8 Å². The first kappa shape index (κ1) is 26.8. The zero-order valence-electron chi connectivity index (χ0n) is 21.3. The van der Waals surface area contributed by atoms with Crippen LogP contribution >= 0.6 is 11.8 Å². The van der Waals surface area contributed by atoms with Gasteiger partial charge < -0.3 is 9.97 Å². The molecule has 2 nitrogen and oxygen atoms in total. The molecule has 1 radical (unpaired) electrons. The SMILES string of the molecule is Cc1ccc(-c2[c-]ccc3c2Sc2ccccc2-c2ccccc2-3)nc1.[Ir].[c-]1ccccc1-c1ccccn1. The maximum absolute atomic E-state index is 4.65. The van der Waals surface area contributed by atoms with Crippen molar-refractivity contribution in [2.24, 2.45) is 0 Å². The van der Waals surface area contributed by atoms with E-state index >= 15 is 0 Å². The first-order chi connectivity index (χ1) is 18.8. The molecule has 0 saturated heterocycles. The molecule has 0 saturated carbocycles. The Kier molecular flexibility index (Phi) is 8.48. The Morgan fingerprint density at radius 3 is 2.05 bits per heavy atom. The summed E-state index contributed by atoms with van der Waals surface area (Å²) in [7, 11) is 0. The average molecular weight is 697 g/mol. The topological polar surface area (TPSA) is 25.8 Å². The quantitative estimate of drug-likeness (QED) is 0.169. The smallest absolute Gasteiger partial charge is 0.0190 e. The van der Waals surface area contributed by atoms with Gasteiger partial charge in [-0.25, -0.2) is 0 Å². The van der Waals surface area contributed by atoms with Crippen LogP contribution in [0.5, 0.6) is 0 Å². The van der Waals surface area contributed by atoms with Gasteiger partial charge in [-0.3, -0.25) is 0 Å². The van der Waals surface area contributed by atoms with Gasteiger partial charge in [0, 0.05) is 37.4 Å². The second-order valence-corrected chi connectivity index (χ2v) is 10.0. The van der Waals surface area contributed by atoms with E-state index in [4.69, 9.17) is 0 Å². The molecule has 4 heteroatoms. The molecular formula is C35H24IrN2S-2. The molecular weight excluding hydrogens is 673 g/mol. The van der Waals surface area contributed by atoms with E-state index in [1.807, 2.05) is 66.5 Å². The molecule has 0 bridgehead atoms. The number of nitrogens with zero attached hydrogens (tertiary/aromatic N) is 2. The zero-order chi connectivity index (χ0) is 25.7. The third kappa shape index (κ3) is 5.79. The molecule has 0 spiro atoms. The van der Waals surface area contributed by atoms with Crippen molar-refractivity contribution in [3.05, 3.63) is 145 Å². The number of rotatable bonds is 2. The summed E-state index contributed by atoms with van der Waals surface area (Å²) in [5, 5.41) is 0. The first-order valence-electron chi connectivity index (χ1n) is 12.5. The molecule has 0 unspecified atom stereocenters. The number of aromatic nitrogens is 2. The van der Waals surface area contributed by atoms with E-state index in [-0.39, 0.29) is 20.1 Å². The minimum atomic E-state index is 0. The fourth-order valence-electron chi connectivity index (χ4n) is 4.52. The normalized spacial score (nSPS) is 10.9. The van der Waals surface area contributed by atoms with Crippen LogP contribution in [-0.2, 0) is 20.1 Å². The summed E-state index contributed by atoms with van der Waals surface area (Å²) >= 11 is 1.81. The van der Waals surface area contributed by atoms with Crippen LogP contribution in [0, 0.1) is 19.1 Å². The van der Waals surface area contributed by atoms with Crippen molar-refractivity contribution in [3.8, 4) is 44.8 Å². The predicted molar refractivity (Wildman–Crippen MR) is 157 cm³/mol. The van der Waals surface area contributed by atoms with Crippen molar-refractivity contribution in [1.82, 2.24) is 9.97 Å². The van der Waals surface area contributed by atoms with Crippen molar-refractivity contribution in [2.45, 2.75) is 16.7 Å². The average Bonchev–Trinajstić information content (AvgIpc) is 3.14. The Hall–Kier alpha value is -3.82. The zero-order valence-corrected chi connectivity index (χ0v) is 24.5. The van der Waals surface area contributed by atoms with E-state index in [1.165, 1.54) is 37.6 Å². The van der Waals surface area contributed by atoms with Crippen molar-refractivity contribution >= 4 is 11.8 Å². The fraction of sp³-hybridized carbons (Fsp3) is 0.0286. The third-order valence-corrected chi connectivity index (χ3v) is 7.58. The summed E-state index contributed by atoms with van der Waals surface area (Å²) in [6.45, 7) is 2.06. The summed E-state index contributed by atoms with van der Waals surface area (Å²) in [6.07, 6.45) is 3.71. The van der Waals surface area contributed by atoms with Gasteiger partial charge in [0.05, 0.1) is 0 Å². The van der Waals surface area contributed by atoms with Gasteiger partial charge >= 0.3 is 0 Å². The first-order valence-corrected chi connectivity index (χ1v) is 13.3. The molecule has 0 aliphatic carbocycles. The van der Waals surface area contributed by atoms with E-state index in [0.29, 0.717) is 0 Å². The monoisotopic (exact) mass is 697 g/mol. The number of aryl methyl sites for hydroxylation is 1. The molecule has 191 valence electrons. The number of fused-ring (bicyclic) bond motifs is 5. The van der Waals surface area contributed by atoms with Crippen LogP contribution in [0.2, 0.25) is 0 Å². The Morgan fingerprint density at radius 2 is 1.33 bits per heavy atom. The van der Waals surface area contributed by atoms with Crippen molar-refractivity contribution in [3.63, 3.8) is 0 Å². The molecule has 6 aromatic rings. The van der Waals surface area contributed by atoms with Gasteiger partial charge in [-0.15, -0.1) is 71.4 Å².